The van der Waals surface area contributed by atoms with Gasteiger partial charge in [-0.15, -0.1) is 0 Å². The standard InChI is InChI=1S/C14H11BrClNO/c1-9-3-2-4-11(7-9)17-14(18)10-5-6-12(15)13(16)8-10/h2-8H,1H3,(H,17,18). The maximum atomic E-state index is 12.0. The first-order valence-corrected chi connectivity index (χ1v) is 6.56. The van der Waals surface area contributed by atoms with Gasteiger partial charge in [-0.2, -0.15) is 0 Å². The molecule has 0 saturated carbocycles. The molecule has 0 heterocycles. The molecule has 4 heteroatoms. The highest BCUT2D eigenvalue weighted by atomic mass is 79.9. The Kier molecular flexibility index (Phi) is 4.04. The smallest absolute Gasteiger partial charge is 0.255 e. The van der Waals surface area contributed by atoms with Gasteiger partial charge in [0.15, 0.2) is 0 Å². The van der Waals surface area contributed by atoms with Gasteiger partial charge in [-0.3, -0.25) is 4.79 Å². The van der Waals surface area contributed by atoms with Gasteiger partial charge in [0.25, 0.3) is 5.91 Å². The quantitative estimate of drug-likeness (QED) is 0.855. The van der Waals surface area contributed by atoms with E-state index < -0.39 is 0 Å². The number of amides is 1. The zero-order chi connectivity index (χ0) is 13.1. The van der Waals surface area contributed by atoms with E-state index in [1.807, 2.05) is 31.2 Å². The van der Waals surface area contributed by atoms with Crippen molar-refractivity contribution in [2.75, 3.05) is 5.32 Å². The number of hydrogen-bond acceptors (Lipinski definition) is 1. The fourth-order valence-corrected chi connectivity index (χ4v) is 1.99. The summed E-state index contributed by atoms with van der Waals surface area (Å²) in [6.07, 6.45) is 0. The van der Waals surface area contributed by atoms with Gasteiger partial charge in [0.1, 0.15) is 0 Å². The number of carbonyl (C=O) groups excluding carboxylic acids is 1. The van der Waals surface area contributed by atoms with Crippen LogP contribution in [0, 0.1) is 6.92 Å². The Morgan fingerprint density at radius 3 is 2.67 bits per heavy atom. The molecule has 0 spiro atoms. The molecule has 2 rings (SSSR count). The number of rotatable bonds is 2. The van der Waals surface area contributed by atoms with E-state index in [1.54, 1.807) is 18.2 Å². The molecule has 2 aromatic carbocycles. The van der Waals surface area contributed by atoms with Crippen molar-refractivity contribution in [2.24, 2.45) is 0 Å². The first kappa shape index (κ1) is 13.1. The Morgan fingerprint density at radius 2 is 2.00 bits per heavy atom. The molecule has 0 atom stereocenters. The van der Waals surface area contributed by atoms with Gasteiger partial charge < -0.3 is 5.32 Å². The van der Waals surface area contributed by atoms with Crippen molar-refractivity contribution < 1.29 is 4.79 Å². The van der Waals surface area contributed by atoms with Crippen LogP contribution < -0.4 is 5.32 Å². The minimum absolute atomic E-state index is 0.171. The number of aryl methyl sites for hydroxylation is 1. The van der Waals surface area contributed by atoms with E-state index in [-0.39, 0.29) is 5.91 Å². The van der Waals surface area contributed by atoms with Crippen LogP contribution in [0.2, 0.25) is 5.02 Å². The molecule has 0 bridgehead atoms. The van der Waals surface area contributed by atoms with E-state index in [0.29, 0.717) is 10.6 Å². The zero-order valence-corrected chi connectivity index (χ0v) is 12.0. The van der Waals surface area contributed by atoms with Gasteiger partial charge in [-0.05, 0) is 58.7 Å². The molecule has 2 nitrogen and oxygen atoms in total. The Labute approximate surface area is 119 Å². The Morgan fingerprint density at radius 1 is 1.22 bits per heavy atom. The summed E-state index contributed by atoms with van der Waals surface area (Å²) in [5.41, 5.74) is 2.41. The average Bonchev–Trinajstić information content (AvgIpc) is 2.32. The van der Waals surface area contributed by atoms with Gasteiger partial charge >= 0.3 is 0 Å². The number of benzene rings is 2. The van der Waals surface area contributed by atoms with E-state index in [1.165, 1.54) is 0 Å². The fourth-order valence-electron chi connectivity index (χ4n) is 1.56. The highest BCUT2D eigenvalue weighted by Crippen LogP contribution is 2.23. The van der Waals surface area contributed by atoms with Crippen LogP contribution in [0.4, 0.5) is 5.69 Å². The van der Waals surface area contributed by atoms with Crippen molar-refractivity contribution in [1.29, 1.82) is 0 Å². The lowest BCUT2D eigenvalue weighted by Crippen LogP contribution is -2.11. The van der Waals surface area contributed by atoms with E-state index in [4.69, 9.17) is 11.6 Å². The maximum absolute atomic E-state index is 12.0. The van der Waals surface area contributed by atoms with Gasteiger partial charge in [0, 0.05) is 15.7 Å². The van der Waals surface area contributed by atoms with Crippen LogP contribution in [0.15, 0.2) is 46.9 Å². The Hall–Kier alpha value is -1.32. The van der Waals surface area contributed by atoms with Crippen LogP contribution in [0.1, 0.15) is 15.9 Å². The van der Waals surface area contributed by atoms with Gasteiger partial charge in [-0.1, -0.05) is 23.7 Å². The summed E-state index contributed by atoms with van der Waals surface area (Å²) in [6, 6.07) is 12.8. The zero-order valence-electron chi connectivity index (χ0n) is 9.71. The van der Waals surface area contributed by atoms with Crippen LogP contribution in [0.3, 0.4) is 0 Å². The molecule has 0 radical (unpaired) electrons. The number of nitrogens with one attached hydrogen (secondary N) is 1. The molecule has 2 aromatic rings. The summed E-state index contributed by atoms with van der Waals surface area (Å²) in [6.45, 7) is 1.98. The molecule has 92 valence electrons. The predicted molar refractivity (Wildman–Crippen MR) is 78.3 cm³/mol. The lowest BCUT2D eigenvalue weighted by atomic mass is 10.2. The Bertz CT molecular complexity index is 598. The molecule has 1 amide bonds. The topological polar surface area (TPSA) is 29.1 Å². The lowest BCUT2D eigenvalue weighted by molar-refractivity contribution is 0.102. The molecular formula is C14H11BrClNO. The van der Waals surface area contributed by atoms with Crippen molar-refractivity contribution in [3.05, 3.63) is 63.1 Å². The number of carbonyl (C=O) groups is 1. The molecule has 0 aliphatic carbocycles. The monoisotopic (exact) mass is 323 g/mol. The molecule has 0 fully saturated rings. The first-order valence-electron chi connectivity index (χ1n) is 5.39. The summed E-state index contributed by atoms with van der Waals surface area (Å²) in [5.74, 6) is -0.171. The molecule has 0 aromatic heterocycles. The van der Waals surface area contributed by atoms with Crippen LogP contribution in [-0.2, 0) is 0 Å². The second kappa shape index (κ2) is 5.55. The number of anilines is 1. The van der Waals surface area contributed by atoms with Crippen LogP contribution in [0.25, 0.3) is 0 Å². The summed E-state index contributed by atoms with van der Waals surface area (Å²) >= 11 is 9.25. The lowest BCUT2D eigenvalue weighted by Gasteiger charge is -2.06. The van der Waals surface area contributed by atoms with E-state index in [9.17, 15) is 4.79 Å². The third kappa shape index (κ3) is 3.12. The second-order valence-corrected chi connectivity index (χ2v) is 5.21. The molecule has 1 N–H and O–H groups in total. The van der Waals surface area contributed by atoms with Crippen molar-refractivity contribution in [1.82, 2.24) is 0 Å². The fraction of sp³-hybridized carbons (Fsp3) is 0.0714. The largest absolute Gasteiger partial charge is 0.322 e. The first-order chi connectivity index (χ1) is 8.56. The van der Waals surface area contributed by atoms with Crippen molar-refractivity contribution >= 4 is 39.1 Å². The Balaban J connectivity index is 2.19. The normalized spacial score (nSPS) is 10.2. The summed E-state index contributed by atoms with van der Waals surface area (Å²) in [7, 11) is 0. The summed E-state index contributed by atoms with van der Waals surface area (Å²) in [5, 5.41) is 3.35. The predicted octanol–water partition coefficient (Wildman–Crippen LogP) is 4.66. The average molecular weight is 325 g/mol. The molecule has 18 heavy (non-hydrogen) atoms. The minimum atomic E-state index is -0.171. The van der Waals surface area contributed by atoms with Crippen LogP contribution in [-0.4, -0.2) is 5.91 Å². The number of hydrogen-bond donors (Lipinski definition) is 1. The third-order valence-corrected chi connectivity index (χ3v) is 3.69. The van der Waals surface area contributed by atoms with Gasteiger partial charge in [0.2, 0.25) is 0 Å². The summed E-state index contributed by atoms with van der Waals surface area (Å²) in [4.78, 5) is 12.0. The van der Waals surface area contributed by atoms with E-state index >= 15 is 0 Å². The van der Waals surface area contributed by atoms with E-state index in [0.717, 1.165) is 15.7 Å². The highest BCUT2D eigenvalue weighted by Gasteiger charge is 2.08. The molecule has 0 aliphatic rings. The van der Waals surface area contributed by atoms with Gasteiger partial charge in [0.05, 0.1) is 5.02 Å². The summed E-state index contributed by atoms with van der Waals surface area (Å²) < 4.78 is 0.774. The van der Waals surface area contributed by atoms with E-state index in [2.05, 4.69) is 21.2 Å². The van der Waals surface area contributed by atoms with Gasteiger partial charge in [-0.25, -0.2) is 0 Å². The molecule has 0 aliphatic heterocycles. The van der Waals surface area contributed by atoms with Crippen LogP contribution >= 0.6 is 27.5 Å². The third-order valence-electron chi connectivity index (χ3n) is 2.46. The van der Waals surface area contributed by atoms with Crippen molar-refractivity contribution in [2.45, 2.75) is 6.92 Å². The molecule has 0 unspecified atom stereocenters. The van der Waals surface area contributed by atoms with Crippen molar-refractivity contribution in [3.8, 4) is 0 Å². The second-order valence-electron chi connectivity index (χ2n) is 3.95. The van der Waals surface area contributed by atoms with Crippen LogP contribution in [0.5, 0.6) is 0 Å². The SMILES string of the molecule is Cc1cccc(NC(=O)c2ccc(Br)c(Cl)c2)c1. The highest BCUT2D eigenvalue weighted by molar-refractivity contribution is 9.10. The maximum Gasteiger partial charge on any atom is 0.255 e. The van der Waals surface area contributed by atoms with Crippen molar-refractivity contribution in [3.63, 3.8) is 0 Å². The number of halogens is 2. The minimum Gasteiger partial charge on any atom is -0.322 e. The molecule has 0 saturated heterocycles. The molecular weight excluding hydrogens is 314 g/mol.